The number of nitro benzene ring substituents is 1. The van der Waals surface area contributed by atoms with Gasteiger partial charge in [-0.2, -0.15) is 0 Å². The third-order valence-corrected chi connectivity index (χ3v) is 3.49. The summed E-state index contributed by atoms with van der Waals surface area (Å²) in [5.74, 6) is 0. The van der Waals surface area contributed by atoms with Gasteiger partial charge < -0.3 is 16.0 Å². The first-order valence-corrected chi connectivity index (χ1v) is 6.64. The van der Waals surface area contributed by atoms with Crippen LogP contribution in [0.4, 0.5) is 16.2 Å². The maximum absolute atomic E-state index is 12.2. The van der Waals surface area contributed by atoms with E-state index in [4.69, 9.17) is 5.73 Å². The maximum atomic E-state index is 12.2. The molecular formula is C13H18N4O3. The number of carbonyl (C=O) groups is 1. The van der Waals surface area contributed by atoms with Gasteiger partial charge in [-0.05, 0) is 31.4 Å². The standard InChI is InChI=1S/C13H18N4O3/c14-9-12-3-1-2-8-16(12)13(18)15-10-4-6-11(7-5-10)17(19)20/h4-7,12H,1-3,8-9,14H2,(H,15,18). The average molecular weight is 278 g/mol. The fraction of sp³-hybridized carbons (Fsp3) is 0.462. The van der Waals surface area contributed by atoms with Crippen molar-refractivity contribution in [2.45, 2.75) is 25.3 Å². The number of benzene rings is 1. The summed E-state index contributed by atoms with van der Waals surface area (Å²) in [6, 6.07) is 5.66. The average Bonchev–Trinajstić information content (AvgIpc) is 2.47. The van der Waals surface area contributed by atoms with Gasteiger partial charge in [-0.15, -0.1) is 0 Å². The summed E-state index contributed by atoms with van der Waals surface area (Å²) in [6.07, 6.45) is 2.98. The number of nitrogens with zero attached hydrogens (tertiary/aromatic N) is 2. The first-order valence-electron chi connectivity index (χ1n) is 6.64. The van der Waals surface area contributed by atoms with E-state index in [1.807, 2.05) is 0 Å². The lowest BCUT2D eigenvalue weighted by molar-refractivity contribution is -0.384. The van der Waals surface area contributed by atoms with Crippen molar-refractivity contribution in [2.75, 3.05) is 18.4 Å². The van der Waals surface area contributed by atoms with Gasteiger partial charge in [-0.3, -0.25) is 10.1 Å². The van der Waals surface area contributed by atoms with Crippen LogP contribution in [-0.2, 0) is 0 Å². The van der Waals surface area contributed by atoms with E-state index in [0.717, 1.165) is 19.3 Å². The number of carbonyl (C=O) groups excluding carboxylic acids is 1. The van der Waals surface area contributed by atoms with Crippen molar-refractivity contribution in [3.8, 4) is 0 Å². The second kappa shape index (κ2) is 6.33. The Morgan fingerprint density at radius 1 is 1.40 bits per heavy atom. The molecule has 1 aromatic rings. The molecule has 20 heavy (non-hydrogen) atoms. The molecule has 1 saturated heterocycles. The van der Waals surface area contributed by atoms with Crippen LogP contribution in [-0.4, -0.2) is 35.0 Å². The number of amides is 2. The third-order valence-electron chi connectivity index (χ3n) is 3.49. The van der Waals surface area contributed by atoms with E-state index in [9.17, 15) is 14.9 Å². The lowest BCUT2D eigenvalue weighted by Crippen LogP contribution is -2.49. The summed E-state index contributed by atoms with van der Waals surface area (Å²) in [6.45, 7) is 1.15. The van der Waals surface area contributed by atoms with Gasteiger partial charge in [0.05, 0.1) is 4.92 Å². The van der Waals surface area contributed by atoms with E-state index in [1.165, 1.54) is 24.3 Å². The van der Waals surface area contributed by atoms with Crippen LogP contribution in [0.3, 0.4) is 0 Å². The Labute approximate surface area is 116 Å². The van der Waals surface area contributed by atoms with Crippen LogP contribution in [0.2, 0.25) is 0 Å². The Morgan fingerprint density at radius 3 is 2.70 bits per heavy atom. The number of hydrogen-bond acceptors (Lipinski definition) is 4. The number of likely N-dealkylation sites (tertiary alicyclic amines) is 1. The van der Waals surface area contributed by atoms with E-state index in [0.29, 0.717) is 18.8 Å². The fourth-order valence-corrected chi connectivity index (χ4v) is 2.37. The Balaban J connectivity index is 2.01. The van der Waals surface area contributed by atoms with Crippen molar-refractivity contribution < 1.29 is 9.72 Å². The number of urea groups is 1. The van der Waals surface area contributed by atoms with Crippen molar-refractivity contribution in [3.63, 3.8) is 0 Å². The molecule has 1 heterocycles. The Morgan fingerprint density at radius 2 is 2.10 bits per heavy atom. The molecule has 0 aliphatic carbocycles. The summed E-state index contributed by atoms with van der Waals surface area (Å²) in [5, 5.41) is 13.3. The van der Waals surface area contributed by atoms with Crippen molar-refractivity contribution in [1.82, 2.24) is 4.90 Å². The molecule has 7 nitrogen and oxygen atoms in total. The van der Waals surface area contributed by atoms with Crippen LogP contribution in [0.15, 0.2) is 24.3 Å². The minimum atomic E-state index is -0.472. The van der Waals surface area contributed by atoms with Crippen molar-refractivity contribution in [2.24, 2.45) is 5.73 Å². The van der Waals surface area contributed by atoms with E-state index in [-0.39, 0.29) is 17.8 Å². The number of hydrogen-bond donors (Lipinski definition) is 2. The molecule has 3 N–H and O–H groups in total. The van der Waals surface area contributed by atoms with Gasteiger partial charge in [0.1, 0.15) is 0 Å². The van der Waals surface area contributed by atoms with Gasteiger partial charge in [-0.1, -0.05) is 0 Å². The lowest BCUT2D eigenvalue weighted by Gasteiger charge is -2.34. The number of nitrogens with one attached hydrogen (secondary N) is 1. The number of anilines is 1. The topological polar surface area (TPSA) is 102 Å². The summed E-state index contributed by atoms with van der Waals surface area (Å²) in [5.41, 5.74) is 6.23. The van der Waals surface area contributed by atoms with Crippen LogP contribution in [0, 0.1) is 10.1 Å². The molecule has 0 saturated carbocycles. The maximum Gasteiger partial charge on any atom is 0.322 e. The van der Waals surface area contributed by atoms with Crippen molar-refractivity contribution in [1.29, 1.82) is 0 Å². The highest BCUT2D eigenvalue weighted by Gasteiger charge is 2.25. The highest BCUT2D eigenvalue weighted by molar-refractivity contribution is 5.89. The van der Waals surface area contributed by atoms with Gasteiger partial charge in [-0.25, -0.2) is 4.79 Å². The van der Waals surface area contributed by atoms with E-state index in [1.54, 1.807) is 4.90 Å². The molecule has 2 amide bonds. The van der Waals surface area contributed by atoms with Crippen LogP contribution in [0.5, 0.6) is 0 Å². The number of nitro groups is 1. The molecule has 1 fully saturated rings. The summed E-state index contributed by atoms with van der Waals surface area (Å²) >= 11 is 0. The van der Waals surface area contributed by atoms with Crippen LogP contribution in [0.25, 0.3) is 0 Å². The first-order chi connectivity index (χ1) is 9.61. The van der Waals surface area contributed by atoms with Crippen LogP contribution in [0.1, 0.15) is 19.3 Å². The zero-order valence-corrected chi connectivity index (χ0v) is 11.1. The number of non-ortho nitro benzene ring substituents is 1. The Kier molecular flexibility index (Phi) is 4.52. The van der Waals surface area contributed by atoms with Gasteiger partial charge in [0.15, 0.2) is 0 Å². The molecule has 7 heteroatoms. The molecule has 108 valence electrons. The molecule has 0 bridgehead atoms. The molecule has 2 rings (SSSR count). The molecular weight excluding hydrogens is 260 g/mol. The van der Waals surface area contributed by atoms with Crippen LogP contribution >= 0.6 is 0 Å². The molecule has 1 atom stereocenters. The largest absolute Gasteiger partial charge is 0.328 e. The second-order valence-corrected chi connectivity index (χ2v) is 4.81. The SMILES string of the molecule is NCC1CCCCN1C(=O)Nc1ccc([N+](=O)[O-])cc1. The normalized spacial score (nSPS) is 18.6. The molecule has 1 aliphatic heterocycles. The number of nitrogens with two attached hydrogens (primary N) is 1. The monoisotopic (exact) mass is 278 g/mol. The minimum absolute atomic E-state index is 0.000746. The van der Waals surface area contributed by atoms with E-state index in [2.05, 4.69) is 5.32 Å². The molecule has 1 aliphatic rings. The summed E-state index contributed by atoms with van der Waals surface area (Å²) in [4.78, 5) is 24.0. The first kappa shape index (κ1) is 14.3. The van der Waals surface area contributed by atoms with Gasteiger partial charge in [0.2, 0.25) is 0 Å². The third kappa shape index (κ3) is 3.24. The predicted octanol–water partition coefficient (Wildman–Crippen LogP) is 1.94. The van der Waals surface area contributed by atoms with Gasteiger partial charge >= 0.3 is 6.03 Å². The molecule has 0 radical (unpaired) electrons. The highest BCUT2D eigenvalue weighted by atomic mass is 16.6. The Bertz CT molecular complexity index is 489. The zero-order valence-electron chi connectivity index (χ0n) is 11.1. The summed E-state index contributed by atoms with van der Waals surface area (Å²) in [7, 11) is 0. The minimum Gasteiger partial charge on any atom is -0.328 e. The smallest absolute Gasteiger partial charge is 0.322 e. The van der Waals surface area contributed by atoms with Gasteiger partial charge in [0, 0.05) is 37.0 Å². The van der Waals surface area contributed by atoms with Crippen molar-refractivity contribution >= 4 is 17.4 Å². The Hall–Kier alpha value is -2.15. The summed E-state index contributed by atoms with van der Waals surface area (Å²) < 4.78 is 0. The lowest BCUT2D eigenvalue weighted by atomic mass is 10.0. The van der Waals surface area contributed by atoms with Crippen molar-refractivity contribution in [3.05, 3.63) is 34.4 Å². The van der Waals surface area contributed by atoms with E-state index >= 15 is 0 Å². The van der Waals surface area contributed by atoms with Crippen LogP contribution < -0.4 is 11.1 Å². The highest BCUT2D eigenvalue weighted by Crippen LogP contribution is 2.19. The molecule has 0 spiro atoms. The predicted molar refractivity (Wildman–Crippen MR) is 75.5 cm³/mol. The number of rotatable bonds is 3. The second-order valence-electron chi connectivity index (χ2n) is 4.81. The molecule has 1 aromatic carbocycles. The fourth-order valence-electron chi connectivity index (χ4n) is 2.37. The molecule has 0 aromatic heterocycles. The quantitative estimate of drug-likeness (QED) is 0.651. The van der Waals surface area contributed by atoms with E-state index < -0.39 is 4.92 Å². The molecule has 1 unspecified atom stereocenters. The van der Waals surface area contributed by atoms with Gasteiger partial charge in [0.25, 0.3) is 5.69 Å². The zero-order chi connectivity index (χ0) is 14.5. The number of piperidine rings is 1.